The van der Waals surface area contributed by atoms with E-state index in [0.29, 0.717) is 11.1 Å². The number of nitrogens with zero attached hydrogens (tertiary/aromatic N) is 2. The Morgan fingerprint density at radius 2 is 1.91 bits per heavy atom. The van der Waals surface area contributed by atoms with Crippen LogP contribution in [-0.4, -0.2) is 21.6 Å². The van der Waals surface area contributed by atoms with Gasteiger partial charge in [-0.05, 0) is 23.8 Å². The molecule has 0 amide bonds. The van der Waals surface area contributed by atoms with Crippen molar-refractivity contribution in [1.82, 2.24) is 4.98 Å². The lowest BCUT2D eigenvalue weighted by Crippen LogP contribution is -2.10. The van der Waals surface area contributed by atoms with Crippen LogP contribution in [0.5, 0.6) is 5.75 Å². The molecule has 2 aromatic carbocycles. The first-order valence-electron chi connectivity index (χ1n) is 7.05. The van der Waals surface area contributed by atoms with Crippen LogP contribution in [0.15, 0.2) is 60.8 Å². The summed E-state index contributed by atoms with van der Waals surface area (Å²) in [5.41, 5.74) is 0.942. The fraction of sp³-hybridized carbons (Fsp3) is 0.118. The summed E-state index contributed by atoms with van der Waals surface area (Å²) in [6, 6.07) is 15.4. The Bertz CT molecular complexity index is 836. The van der Waals surface area contributed by atoms with E-state index in [1.807, 2.05) is 30.3 Å². The Labute approximate surface area is 132 Å². The number of fused-ring (bicyclic) bond motifs is 1. The van der Waals surface area contributed by atoms with E-state index in [4.69, 9.17) is 4.74 Å². The Hall–Kier alpha value is -2.99. The minimum Gasteiger partial charge on any atom is -0.490 e. The Morgan fingerprint density at radius 1 is 1.13 bits per heavy atom. The number of rotatable bonds is 5. The average Bonchev–Trinajstić information content (AvgIpc) is 2.59. The summed E-state index contributed by atoms with van der Waals surface area (Å²) < 4.78 is 5.66. The van der Waals surface area contributed by atoms with E-state index in [2.05, 4.69) is 4.98 Å². The zero-order valence-corrected chi connectivity index (χ0v) is 12.1. The van der Waals surface area contributed by atoms with Gasteiger partial charge < -0.3 is 9.84 Å². The van der Waals surface area contributed by atoms with Crippen LogP contribution in [-0.2, 0) is 0 Å². The van der Waals surface area contributed by atoms with E-state index in [9.17, 15) is 15.2 Å². The van der Waals surface area contributed by atoms with E-state index in [1.165, 1.54) is 18.3 Å². The highest BCUT2D eigenvalue weighted by Gasteiger charge is 2.17. The summed E-state index contributed by atoms with van der Waals surface area (Å²) in [6.45, 7) is 0.0474. The molecule has 0 bridgehead atoms. The molecule has 116 valence electrons. The molecule has 1 heterocycles. The Balaban J connectivity index is 1.87. The molecule has 1 N–H and O–H groups in total. The molecule has 3 aromatic rings. The predicted octanol–water partition coefficient (Wildman–Crippen LogP) is 3.26. The van der Waals surface area contributed by atoms with Crippen molar-refractivity contribution >= 4 is 16.6 Å². The topological polar surface area (TPSA) is 85.5 Å². The molecule has 0 radical (unpaired) electrons. The first kappa shape index (κ1) is 14.9. The number of aliphatic hydroxyl groups is 1. The van der Waals surface area contributed by atoms with Gasteiger partial charge in [0, 0.05) is 17.6 Å². The summed E-state index contributed by atoms with van der Waals surface area (Å²) in [7, 11) is 0. The maximum Gasteiger partial charge on any atom is 0.295 e. The molecular weight excluding hydrogens is 296 g/mol. The molecular formula is C17H14N2O4. The second-order valence-electron chi connectivity index (χ2n) is 4.98. The third-order valence-electron chi connectivity index (χ3n) is 3.49. The lowest BCUT2D eigenvalue weighted by molar-refractivity contribution is -0.383. The van der Waals surface area contributed by atoms with Crippen LogP contribution in [0.25, 0.3) is 10.9 Å². The van der Waals surface area contributed by atoms with Crippen LogP contribution < -0.4 is 4.74 Å². The van der Waals surface area contributed by atoms with E-state index < -0.39 is 11.0 Å². The average molecular weight is 310 g/mol. The van der Waals surface area contributed by atoms with Crippen molar-refractivity contribution in [1.29, 1.82) is 0 Å². The van der Waals surface area contributed by atoms with E-state index in [-0.39, 0.29) is 17.8 Å². The lowest BCUT2D eigenvalue weighted by atomic mass is 10.1. The number of pyridine rings is 1. The number of aliphatic hydroxyl groups excluding tert-OH is 1. The molecule has 0 aliphatic rings. The summed E-state index contributed by atoms with van der Waals surface area (Å²) >= 11 is 0. The highest BCUT2D eigenvalue weighted by Crippen LogP contribution is 2.31. The fourth-order valence-electron chi connectivity index (χ4n) is 2.34. The van der Waals surface area contributed by atoms with Gasteiger partial charge in [0.15, 0.2) is 5.52 Å². The van der Waals surface area contributed by atoms with Crippen molar-refractivity contribution in [3.63, 3.8) is 0 Å². The zero-order chi connectivity index (χ0) is 16.2. The van der Waals surface area contributed by atoms with Crippen LogP contribution in [0.1, 0.15) is 11.7 Å². The van der Waals surface area contributed by atoms with Crippen molar-refractivity contribution < 1.29 is 14.8 Å². The first-order chi connectivity index (χ1) is 11.2. The number of hydrogen-bond acceptors (Lipinski definition) is 5. The predicted molar refractivity (Wildman–Crippen MR) is 85.3 cm³/mol. The molecule has 1 aromatic heterocycles. The van der Waals surface area contributed by atoms with Crippen molar-refractivity contribution in [2.45, 2.75) is 6.10 Å². The summed E-state index contributed by atoms with van der Waals surface area (Å²) in [5, 5.41) is 21.8. The van der Waals surface area contributed by atoms with Crippen molar-refractivity contribution in [2.75, 3.05) is 6.61 Å². The Kier molecular flexibility index (Phi) is 4.16. The molecule has 6 nitrogen and oxygen atoms in total. The lowest BCUT2D eigenvalue weighted by Gasteiger charge is -2.14. The highest BCUT2D eigenvalue weighted by molar-refractivity contribution is 5.91. The number of nitro groups is 1. The third-order valence-corrected chi connectivity index (χ3v) is 3.49. The molecule has 23 heavy (non-hydrogen) atoms. The van der Waals surface area contributed by atoms with Crippen LogP contribution in [0.3, 0.4) is 0 Å². The largest absolute Gasteiger partial charge is 0.490 e. The second-order valence-corrected chi connectivity index (χ2v) is 4.98. The minimum atomic E-state index is -0.780. The standard InChI is InChI=1S/C17H14N2O4/c20-15(12-5-2-1-3-6-12)11-23-16-9-8-14(19(21)22)17-13(16)7-4-10-18-17/h1-10,15,20H,11H2/t15-/m1/s1. The van der Waals surface area contributed by atoms with Gasteiger partial charge in [-0.3, -0.25) is 10.1 Å². The number of aromatic nitrogens is 1. The van der Waals surface area contributed by atoms with E-state index in [0.717, 1.165) is 5.56 Å². The van der Waals surface area contributed by atoms with E-state index in [1.54, 1.807) is 12.1 Å². The molecule has 0 aliphatic heterocycles. The maximum atomic E-state index is 11.1. The SMILES string of the molecule is O=[N+]([O-])c1ccc(OC[C@@H](O)c2ccccc2)c2cccnc12. The number of ether oxygens (including phenoxy) is 1. The Morgan fingerprint density at radius 3 is 2.65 bits per heavy atom. The number of nitro benzene ring substituents is 1. The monoisotopic (exact) mass is 310 g/mol. The van der Waals surface area contributed by atoms with Gasteiger partial charge in [0.2, 0.25) is 0 Å². The van der Waals surface area contributed by atoms with Gasteiger partial charge in [-0.2, -0.15) is 0 Å². The van der Waals surface area contributed by atoms with Gasteiger partial charge in [-0.25, -0.2) is 4.98 Å². The molecule has 6 heteroatoms. The summed E-state index contributed by atoms with van der Waals surface area (Å²) in [6.07, 6.45) is 0.718. The van der Waals surface area contributed by atoms with Gasteiger partial charge in [-0.1, -0.05) is 30.3 Å². The number of benzene rings is 2. The minimum absolute atomic E-state index is 0.0474. The summed E-state index contributed by atoms with van der Waals surface area (Å²) in [5.74, 6) is 0.452. The molecule has 0 saturated heterocycles. The van der Waals surface area contributed by atoms with Gasteiger partial charge in [0.25, 0.3) is 5.69 Å². The van der Waals surface area contributed by atoms with Crippen LogP contribution >= 0.6 is 0 Å². The van der Waals surface area contributed by atoms with Gasteiger partial charge in [-0.15, -0.1) is 0 Å². The second kappa shape index (κ2) is 6.41. The smallest absolute Gasteiger partial charge is 0.295 e. The first-order valence-corrected chi connectivity index (χ1v) is 7.05. The molecule has 3 rings (SSSR count). The maximum absolute atomic E-state index is 11.1. The van der Waals surface area contributed by atoms with Crippen molar-refractivity contribution in [3.8, 4) is 5.75 Å². The summed E-state index contributed by atoms with van der Waals surface area (Å²) in [4.78, 5) is 14.7. The molecule has 0 saturated carbocycles. The van der Waals surface area contributed by atoms with Crippen LogP contribution in [0.4, 0.5) is 5.69 Å². The molecule has 1 atom stereocenters. The van der Waals surface area contributed by atoms with Crippen LogP contribution in [0, 0.1) is 10.1 Å². The van der Waals surface area contributed by atoms with Gasteiger partial charge >= 0.3 is 0 Å². The van der Waals surface area contributed by atoms with Crippen molar-refractivity contribution in [2.24, 2.45) is 0 Å². The fourth-order valence-corrected chi connectivity index (χ4v) is 2.34. The number of non-ortho nitro benzene ring substituents is 1. The zero-order valence-electron chi connectivity index (χ0n) is 12.1. The quantitative estimate of drug-likeness (QED) is 0.577. The molecule has 0 aliphatic carbocycles. The molecule has 0 spiro atoms. The van der Waals surface area contributed by atoms with Crippen LogP contribution in [0.2, 0.25) is 0 Å². The van der Waals surface area contributed by atoms with Gasteiger partial charge in [0.1, 0.15) is 18.5 Å². The normalized spacial score (nSPS) is 12.0. The molecule has 0 fully saturated rings. The van der Waals surface area contributed by atoms with Gasteiger partial charge in [0.05, 0.1) is 4.92 Å². The third kappa shape index (κ3) is 3.12. The van der Waals surface area contributed by atoms with Crippen molar-refractivity contribution in [3.05, 3.63) is 76.5 Å². The molecule has 0 unspecified atom stereocenters. The van der Waals surface area contributed by atoms with E-state index >= 15 is 0 Å². The number of hydrogen-bond donors (Lipinski definition) is 1. The highest BCUT2D eigenvalue weighted by atomic mass is 16.6.